The average molecular weight is 196 g/mol. The van der Waals surface area contributed by atoms with Gasteiger partial charge in [0.15, 0.2) is 5.78 Å². The number of unbranched alkanes of at least 4 members (excludes halogenated alkanes) is 2. The van der Waals surface area contributed by atoms with Gasteiger partial charge in [-0.1, -0.05) is 12.2 Å². The van der Waals surface area contributed by atoms with Crippen molar-refractivity contribution in [1.29, 1.82) is 0 Å². The summed E-state index contributed by atoms with van der Waals surface area (Å²) in [6.45, 7) is 3.68. The van der Waals surface area contributed by atoms with Crippen molar-refractivity contribution in [2.75, 3.05) is 5.75 Å². The minimum atomic E-state index is 0.341. The van der Waals surface area contributed by atoms with Crippen LogP contribution in [0.5, 0.6) is 0 Å². The van der Waals surface area contributed by atoms with Gasteiger partial charge < -0.3 is 0 Å². The largest absolute Gasteiger partial charge is 0.294 e. The van der Waals surface area contributed by atoms with E-state index in [2.05, 4.69) is 12.7 Å². The van der Waals surface area contributed by atoms with Gasteiger partial charge in [0.2, 0.25) is 0 Å². The van der Waals surface area contributed by atoms with Crippen LogP contribution in [-0.4, -0.2) is 11.5 Å². The summed E-state index contributed by atoms with van der Waals surface area (Å²) in [7, 11) is 0. The Kier molecular flexibility index (Phi) is 4.91. The van der Waals surface area contributed by atoms with E-state index in [9.17, 15) is 4.79 Å². The normalized spacial score (nSPS) is 16.0. The summed E-state index contributed by atoms with van der Waals surface area (Å²) in [4.78, 5) is 12.2. The minimum absolute atomic E-state index is 0.341. The van der Waals surface area contributed by atoms with Gasteiger partial charge in [-0.3, -0.25) is 4.79 Å². The summed E-state index contributed by atoms with van der Waals surface area (Å²) in [6.07, 6.45) is 9.17. The molecule has 0 fully saturated rings. The number of ketones is 1. The highest BCUT2D eigenvalue weighted by molar-refractivity contribution is 8.04. The number of hydrogen-bond donors (Lipinski definition) is 0. The number of carbonyl (C=O) groups is 1. The lowest BCUT2D eigenvalue weighted by molar-refractivity contribution is -0.114. The maximum absolute atomic E-state index is 11.2. The molecular weight excluding hydrogens is 180 g/mol. The predicted molar refractivity (Wildman–Crippen MR) is 58.8 cm³/mol. The summed E-state index contributed by atoms with van der Waals surface area (Å²) >= 11 is 1.72. The summed E-state index contributed by atoms with van der Waals surface area (Å²) in [6, 6.07) is 0. The molecule has 0 amide bonds. The molecule has 0 aromatic carbocycles. The number of rotatable bonds is 6. The van der Waals surface area contributed by atoms with Crippen molar-refractivity contribution in [2.45, 2.75) is 32.1 Å². The minimum Gasteiger partial charge on any atom is -0.294 e. The molecule has 1 nitrogen and oxygen atoms in total. The zero-order chi connectivity index (χ0) is 9.52. The molecule has 0 bridgehead atoms. The topological polar surface area (TPSA) is 17.1 Å². The lowest BCUT2D eigenvalue weighted by atomic mass is 10.2. The van der Waals surface area contributed by atoms with Gasteiger partial charge in [0.25, 0.3) is 0 Å². The van der Waals surface area contributed by atoms with Crippen LogP contribution in [0.1, 0.15) is 32.1 Å². The Morgan fingerprint density at radius 2 is 2.38 bits per heavy atom. The van der Waals surface area contributed by atoms with Crippen LogP contribution in [0.15, 0.2) is 23.6 Å². The molecule has 0 heterocycles. The quantitative estimate of drug-likeness (QED) is 0.479. The highest BCUT2D eigenvalue weighted by atomic mass is 32.2. The lowest BCUT2D eigenvalue weighted by Gasteiger charge is -1.99. The van der Waals surface area contributed by atoms with Gasteiger partial charge in [0.1, 0.15) is 0 Å². The third-order valence-electron chi connectivity index (χ3n) is 2.04. The van der Waals surface area contributed by atoms with Crippen molar-refractivity contribution in [3.63, 3.8) is 0 Å². The van der Waals surface area contributed by atoms with Crippen molar-refractivity contribution in [1.82, 2.24) is 0 Å². The van der Waals surface area contributed by atoms with E-state index in [1.165, 1.54) is 12.8 Å². The first-order chi connectivity index (χ1) is 6.34. The van der Waals surface area contributed by atoms with E-state index in [0.717, 1.165) is 29.9 Å². The first-order valence-electron chi connectivity index (χ1n) is 4.81. The zero-order valence-corrected chi connectivity index (χ0v) is 8.74. The Hall–Kier alpha value is -0.500. The van der Waals surface area contributed by atoms with Crippen LogP contribution >= 0.6 is 11.8 Å². The predicted octanol–water partition coefficient (Wildman–Crippen LogP) is 3.32. The van der Waals surface area contributed by atoms with Crippen molar-refractivity contribution in [2.24, 2.45) is 0 Å². The van der Waals surface area contributed by atoms with Crippen LogP contribution in [0.3, 0.4) is 0 Å². The summed E-state index contributed by atoms with van der Waals surface area (Å²) in [5, 5.41) is 0. The Morgan fingerprint density at radius 3 is 3.00 bits per heavy atom. The molecule has 72 valence electrons. The second kappa shape index (κ2) is 6.03. The van der Waals surface area contributed by atoms with Gasteiger partial charge in [0.05, 0.1) is 0 Å². The fraction of sp³-hybridized carbons (Fsp3) is 0.545. The van der Waals surface area contributed by atoms with Crippen LogP contribution in [0.2, 0.25) is 0 Å². The number of allylic oxidation sites excluding steroid dienone is 3. The van der Waals surface area contributed by atoms with Crippen molar-refractivity contribution < 1.29 is 4.79 Å². The Morgan fingerprint density at radius 1 is 1.54 bits per heavy atom. The highest BCUT2D eigenvalue weighted by Gasteiger charge is 2.14. The molecule has 1 aliphatic rings. The van der Waals surface area contributed by atoms with Gasteiger partial charge in [-0.05, 0) is 31.4 Å². The molecule has 0 aromatic rings. The van der Waals surface area contributed by atoms with Gasteiger partial charge in [0, 0.05) is 11.3 Å². The van der Waals surface area contributed by atoms with Gasteiger partial charge >= 0.3 is 0 Å². The second-order valence-corrected chi connectivity index (χ2v) is 4.30. The summed E-state index contributed by atoms with van der Waals surface area (Å²) < 4.78 is 0. The summed E-state index contributed by atoms with van der Waals surface area (Å²) in [5.74, 6) is 1.42. The maximum Gasteiger partial charge on any atom is 0.169 e. The lowest BCUT2D eigenvalue weighted by Crippen LogP contribution is -1.92. The molecule has 0 saturated heterocycles. The first-order valence-corrected chi connectivity index (χ1v) is 5.80. The molecule has 0 radical (unpaired) electrons. The van der Waals surface area contributed by atoms with E-state index in [4.69, 9.17) is 0 Å². The molecule has 1 aliphatic carbocycles. The molecule has 1 rings (SSSR count). The molecule has 2 heteroatoms. The van der Waals surface area contributed by atoms with Gasteiger partial charge in [-0.2, -0.15) is 0 Å². The first kappa shape index (κ1) is 10.6. The number of Topliss-reactive ketones (excluding diaryl/α,β-unsaturated/α-hetero) is 1. The SMILES string of the molecule is C=CCCCCSC1=CCCC1=O. The Bertz CT molecular complexity index is 218. The van der Waals surface area contributed by atoms with E-state index < -0.39 is 0 Å². The Balaban J connectivity index is 2.05. The highest BCUT2D eigenvalue weighted by Crippen LogP contribution is 2.26. The third kappa shape index (κ3) is 3.81. The number of thioether (sulfide) groups is 1. The smallest absolute Gasteiger partial charge is 0.169 e. The van der Waals surface area contributed by atoms with Crippen molar-refractivity contribution in [3.05, 3.63) is 23.6 Å². The number of hydrogen-bond acceptors (Lipinski definition) is 2. The molecule has 0 aromatic heterocycles. The van der Waals surface area contributed by atoms with E-state index in [1.807, 2.05) is 6.08 Å². The third-order valence-corrected chi connectivity index (χ3v) is 3.23. The van der Waals surface area contributed by atoms with Crippen LogP contribution in [0.4, 0.5) is 0 Å². The molecule has 0 spiro atoms. The fourth-order valence-electron chi connectivity index (χ4n) is 1.28. The zero-order valence-electron chi connectivity index (χ0n) is 7.92. The molecule has 0 saturated carbocycles. The average Bonchev–Trinajstić information content (AvgIpc) is 2.52. The Labute approximate surface area is 84.3 Å². The van der Waals surface area contributed by atoms with Crippen molar-refractivity contribution >= 4 is 17.5 Å². The standard InChI is InChI=1S/C11H16OS/c1-2-3-4-5-9-13-11-8-6-7-10(11)12/h2,8H,1,3-7,9H2. The molecule has 13 heavy (non-hydrogen) atoms. The molecule has 0 N–H and O–H groups in total. The van der Waals surface area contributed by atoms with Crippen LogP contribution in [0, 0.1) is 0 Å². The van der Waals surface area contributed by atoms with E-state index in [0.29, 0.717) is 5.78 Å². The second-order valence-electron chi connectivity index (χ2n) is 3.16. The maximum atomic E-state index is 11.2. The van der Waals surface area contributed by atoms with E-state index in [1.54, 1.807) is 11.8 Å². The van der Waals surface area contributed by atoms with E-state index in [-0.39, 0.29) is 0 Å². The van der Waals surface area contributed by atoms with Crippen LogP contribution in [-0.2, 0) is 4.79 Å². The molecule has 0 atom stereocenters. The van der Waals surface area contributed by atoms with Gasteiger partial charge in [-0.15, -0.1) is 18.3 Å². The summed E-state index contributed by atoms with van der Waals surface area (Å²) in [5.41, 5.74) is 0. The van der Waals surface area contributed by atoms with Crippen LogP contribution < -0.4 is 0 Å². The molecule has 0 unspecified atom stereocenters. The monoisotopic (exact) mass is 196 g/mol. The van der Waals surface area contributed by atoms with E-state index >= 15 is 0 Å². The molecule has 0 aliphatic heterocycles. The fourth-order valence-corrected chi connectivity index (χ4v) is 2.35. The van der Waals surface area contributed by atoms with Crippen LogP contribution in [0.25, 0.3) is 0 Å². The molecular formula is C11H16OS. The van der Waals surface area contributed by atoms with Gasteiger partial charge in [-0.25, -0.2) is 0 Å². The van der Waals surface area contributed by atoms with Crippen molar-refractivity contribution in [3.8, 4) is 0 Å². The number of carbonyl (C=O) groups excluding carboxylic acids is 1.